The first-order chi connectivity index (χ1) is 14.1. The third-order valence-electron chi connectivity index (χ3n) is 4.85. The van der Waals surface area contributed by atoms with E-state index in [1.807, 2.05) is 19.9 Å². The largest absolute Gasteiger partial charge is 0.263 e. The van der Waals surface area contributed by atoms with E-state index in [0.717, 1.165) is 22.0 Å². The number of halogens is 1. The van der Waals surface area contributed by atoms with Crippen LogP contribution >= 0.6 is 11.6 Å². The molecule has 2 aromatic carbocycles. The van der Waals surface area contributed by atoms with Gasteiger partial charge in [-0.15, -0.1) is 0 Å². The molecule has 0 saturated carbocycles. The van der Waals surface area contributed by atoms with Gasteiger partial charge in [0.2, 0.25) is 0 Å². The molecule has 8 heteroatoms. The zero-order chi connectivity index (χ0) is 21.6. The molecule has 30 heavy (non-hydrogen) atoms. The number of aromatic nitrogens is 3. The van der Waals surface area contributed by atoms with Crippen molar-refractivity contribution in [2.45, 2.75) is 32.6 Å². The first-order valence-electron chi connectivity index (χ1n) is 9.38. The molecule has 0 spiro atoms. The number of hydrogen-bond donors (Lipinski definition) is 1. The second-order valence-electron chi connectivity index (χ2n) is 7.42. The molecular formula is C22H21ClN4O2S. The van der Waals surface area contributed by atoms with Crippen molar-refractivity contribution in [1.29, 1.82) is 0 Å². The van der Waals surface area contributed by atoms with Crippen LogP contribution in [-0.4, -0.2) is 23.2 Å². The summed E-state index contributed by atoms with van der Waals surface area (Å²) >= 11 is 5.88. The molecule has 0 aliphatic carbocycles. The summed E-state index contributed by atoms with van der Waals surface area (Å²) in [5.74, 6) is 0.868. The van der Waals surface area contributed by atoms with Gasteiger partial charge < -0.3 is 0 Å². The molecule has 0 saturated heterocycles. The first-order valence-corrected chi connectivity index (χ1v) is 11.2. The van der Waals surface area contributed by atoms with Crippen molar-refractivity contribution in [3.63, 3.8) is 0 Å². The van der Waals surface area contributed by atoms with Crippen molar-refractivity contribution < 1.29 is 8.42 Å². The van der Waals surface area contributed by atoms with E-state index < -0.39 is 10.0 Å². The Kier molecular flexibility index (Phi) is 5.03. The number of pyridine rings is 1. The maximum absolute atomic E-state index is 12.9. The standard InChI is InChI=1S/C22H21ClN4O2S/c1-13-9-15(3)22-19(10-13)14(2)11-20(24-22)27-21(12-16(4)25-27)26-30(28,29)18-7-5-17(23)6-8-18/h5-12,26H,1-4H3. The lowest BCUT2D eigenvalue weighted by atomic mass is 10.0. The Bertz CT molecular complexity index is 1380. The Labute approximate surface area is 180 Å². The number of nitrogens with one attached hydrogen (secondary N) is 1. The van der Waals surface area contributed by atoms with Crippen molar-refractivity contribution in [3.05, 3.63) is 75.9 Å². The van der Waals surface area contributed by atoms with Crippen molar-refractivity contribution in [2.75, 3.05) is 4.72 Å². The summed E-state index contributed by atoms with van der Waals surface area (Å²) in [5.41, 5.74) is 4.81. The third kappa shape index (κ3) is 3.78. The highest BCUT2D eigenvalue weighted by molar-refractivity contribution is 7.92. The van der Waals surface area contributed by atoms with E-state index in [2.05, 4.69) is 28.9 Å². The molecule has 4 aromatic rings. The fraction of sp³-hybridized carbons (Fsp3) is 0.182. The van der Waals surface area contributed by atoms with Gasteiger partial charge in [-0.2, -0.15) is 9.78 Å². The Morgan fingerprint density at radius 3 is 2.33 bits per heavy atom. The minimum absolute atomic E-state index is 0.117. The van der Waals surface area contributed by atoms with Gasteiger partial charge >= 0.3 is 0 Å². The molecular weight excluding hydrogens is 420 g/mol. The molecule has 0 unspecified atom stereocenters. The summed E-state index contributed by atoms with van der Waals surface area (Å²) in [4.78, 5) is 4.90. The lowest BCUT2D eigenvalue weighted by Gasteiger charge is -2.13. The van der Waals surface area contributed by atoms with E-state index in [1.54, 1.807) is 13.0 Å². The van der Waals surface area contributed by atoms with Crippen molar-refractivity contribution in [2.24, 2.45) is 0 Å². The lowest BCUT2D eigenvalue weighted by Crippen LogP contribution is -2.16. The van der Waals surface area contributed by atoms with Gasteiger partial charge in [0, 0.05) is 16.5 Å². The first kappa shape index (κ1) is 20.4. The fourth-order valence-corrected chi connectivity index (χ4v) is 4.65. The van der Waals surface area contributed by atoms with Gasteiger partial charge in [-0.1, -0.05) is 23.2 Å². The number of hydrogen-bond acceptors (Lipinski definition) is 4. The summed E-state index contributed by atoms with van der Waals surface area (Å²) in [6.45, 7) is 7.89. The van der Waals surface area contributed by atoms with E-state index in [1.165, 1.54) is 34.5 Å². The highest BCUT2D eigenvalue weighted by Crippen LogP contribution is 2.27. The average molecular weight is 441 g/mol. The molecule has 0 aliphatic rings. The van der Waals surface area contributed by atoms with Gasteiger partial charge in [0.1, 0.15) is 5.82 Å². The molecule has 154 valence electrons. The zero-order valence-corrected chi connectivity index (χ0v) is 18.6. The highest BCUT2D eigenvalue weighted by atomic mass is 35.5. The number of anilines is 1. The third-order valence-corrected chi connectivity index (χ3v) is 6.48. The summed E-state index contributed by atoms with van der Waals surface area (Å²) in [5, 5.41) is 6.02. The molecule has 6 nitrogen and oxygen atoms in total. The minimum atomic E-state index is -3.81. The van der Waals surface area contributed by atoms with Crippen LogP contribution < -0.4 is 4.72 Å². The van der Waals surface area contributed by atoms with Gasteiger partial charge in [0.15, 0.2) is 5.82 Å². The lowest BCUT2D eigenvalue weighted by molar-refractivity contribution is 0.600. The van der Waals surface area contributed by atoms with E-state index >= 15 is 0 Å². The van der Waals surface area contributed by atoms with Crippen LogP contribution in [0.1, 0.15) is 22.4 Å². The molecule has 0 bridgehead atoms. The molecule has 0 atom stereocenters. The van der Waals surface area contributed by atoms with Gasteiger partial charge in [-0.3, -0.25) is 4.72 Å². The van der Waals surface area contributed by atoms with Crippen LogP contribution in [0.4, 0.5) is 5.82 Å². The highest BCUT2D eigenvalue weighted by Gasteiger charge is 2.19. The van der Waals surface area contributed by atoms with Gasteiger partial charge in [-0.05, 0) is 75.2 Å². The number of nitrogens with zero attached hydrogens (tertiary/aromatic N) is 3. The van der Waals surface area contributed by atoms with Crippen LogP contribution in [0.25, 0.3) is 16.7 Å². The predicted octanol–water partition coefficient (Wildman–Crippen LogP) is 5.11. The van der Waals surface area contributed by atoms with Crippen LogP contribution in [0.3, 0.4) is 0 Å². The SMILES string of the molecule is Cc1cc(C)c2nc(-n3nc(C)cc3NS(=O)(=O)c3ccc(Cl)cc3)cc(C)c2c1. The zero-order valence-electron chi connectivity index (χ0n) is 17.1. The van der Waals surface area contributed by atoms with Gasteiger partial charge in [0.25, 0.3) is 10.0 Å². The average Bonchev–Trinajstić information content (AvgIpc) is 3.02. The summed E-state index contributed by atoms with van der Waals surface area (Å²) in [6.07, 6.45) is 0. The summed E-state index contributed by atoms with van der Waals surface area (Å²) in [7, 11) is -3.81. The molecule has 0 amide bonds. The molecule has 0 radical (unpaired) electrons. The molecule has 2 aromatic heterocycles. The number of fused-ring (bicyclic) bond motifs is 1. The number of sulfonamides is 1. The van der Waals surface area contributed by atoms with Crippen molar-refractivity contribution in [1.82, 2.24) is 14.8 Å². The van der Waals surface area contributed by atoms with Crippen LogP contribution in [0.15, 0.2) is 53.4 Å². The van der Waals surface area contributed by atoms with E-state index in [-0.39, 0.29) is 4.90 Å². The second kappa shape index (κ2) is 7.41. The normalized spacial score (nSPS) is 11.8. The second-order valence-corrected chi connectivity index (χ2v) is 9.54. The van der Waals surface area contributed by atoms with Gasteiger partial charge in [-0.25, -0.2) is 13.4 Å². The molecule has 2 heterocycles. The number of rotatable bonds is 4. The monoisotopic (exact) mass is 440 g/mol. The quantitative estimate of drug-likeness (QED) is 0.478. The Hall–Kier alpha value is -2.90. The van der Waals surface area contributed by atoms with Crippen molar-refractivity contribution in [3.8, 4) is 5.82 Å². The summed E-state index contributed by atoms with van der Waals surface area (Å²) < 4.78 is 29.9. The van der Waals surface area contributed by atoms with Gasteiger partial charge in [0.05, 0.1) is 16.1 Å². The topological polar surface area (TPSA) is 76.9 Å². The minimum Gasteiger partial charge on any atom is -0.263 e. The smallest absolute Gasteiger partial charge is 0.263 e. The molecule has 1 N–H and O–H groups in total. The van der Waals surface area contributed by atoms with Crippen molar-refractivity contribution >= 4 is 38.3 Å². The number of benzene rings is 2. The maximum Gasteiger partial charge on any atom is 0.263 e. The Balaban J connectivity index is 1.82. The van der Waals surface area contributed by atoms with E-state index in [4.69, 9.17) is 16.6 Å². The fourth-order valence-electron chi connectivity index (χ4n) is 3.49. The Morgan fingerprint density at radius 2 is 1.63 bits per heavy atom. The molecule has 4 rings (SSSR count). The van der Waals surface area contributed by atoms with E-state index in [9.17, 15) is 8.42 Å². The summed E-state index contributed by atoms with van der Waals surface area (Å²) in [6, 6.07) is 13.8. The Morgan fingerprint density at radius 1 is 0.933 bits per heavy atom. The maximum atomic E-state index is 12.9. The van der Waals surface area contributed by atoms with E-state index in [0.29, 0.717) is 22.4 Å². The predicted molar refractivity (Wildman–Crippen MR) is 120 cm³/mol. The molecule has 0 fully saturated rings. The van der Waals surface area contributed by atoms with Crippen LogP contribution in [0.5, 0.6) is 0 Å². The van der Waals surface area contributed by atoms with Crippen LogP contribution in [0, 0.1) is 27.7 Å². The number of aryl methyl sites for hydroxylation is 4. The van der Waals surface area contributed by atoms with Crippen LogP contribution in [0.2, 0.25) is 5.02 Å². The van der Waals surface area contributed by atoms with Crippen LogP contribution in [-0.2, 0) is 10.0 Å². The molecule has 0 aliphatic heterocycles.